The molecule has 2 fully saturated rings. The molecule has 0 bridgehead atoms. The van der Waals surface area contributed by atoms with Crippen LogP contribution in [0.2, 0.25) is 0 Å². The van der Waals surface area contributed by atoms with Crippen molar-refractivity contribution in [3.8, 4) is 0 Å². The third kappa shape index (κ3) is 2.11. The average molecular weight is 248 g/mol. The van der Waals surface area contributed by atoms with E-state index in [9.17, 15) is 8.42 Å². The van der Waals surface area contributed by atoms with E-state index in [2.05, 4.69) is 4.72 Å². The van der Waals surface area contributed by atoms with Gasteiger partial charge >= 0.3 is 0 Å². The zero-order chi connectivity index (χ0) is 11.8. The minimum atomic E-state index is -3.29. The average Bonchev–Trinajstić information content (AvgIpc) is 2.26. The van der Waals surface area contributed by atoms with Gasteiger partial charge in [0.05, 0.1) is 0 Å². The highest BCUT2D eigenvalue weighted by Crippen LogP contribution is 2.48. The van der Waals surface area contributed by atoms with Gasteiger partial charge in [0, 0.05) is 33.4 Å². The van der Waals surface area contributed by atoms with Crippen LogP contribution < -0.4 is 4.72 Å². The molecular formula is C10H20N2O3S. The first-order valence-corrected chi connectivity index (χ1v) is 7.18. The molecule has 1 aliphatic heterocycles. The van der Waals surface area contributed by atoms with E-state index in [0.29, 0.717) is 0 Å². The number of hydrogen-bond donors (Lipinski definition) is 1. The van der Waals surface area contributed by atoms with Gasteiger partial charge in [-0.2, -0.15) is 17.4 Å². The van der Waals surface area contributed by atoms with Crippen molar-refractivity contribution < 1.29 is 13.2 Å². The lowest BCUT2D eigenvalue weighted by Crippen LogP contribution is -2.58. The molecule has 2 aliphatic rings. The molecule has 16 heavy (non-hydrogen) atoms. The second-order valence-electron chi connectivity index (χ2n) is 4.97. The Kier molecular flexibility index (Phi) is 3.27. The largest absolute Gasteiger partial charge is 0.381 e. The van der Waals surface area contributed by atoms with Crippen molar-refractivity contribution >= 4 is 10.2 Å². The van der Waals surface area contributed by atoms with Crippen molar-refractivity contribution in [1.29, 1.82) is 0 Å². The summed E-state index contributed by atoms with van der Waals surface area (Å²) in [5.41, 5.74) is 0.168. The van der Waals surface area contributed by atoms with E-state index in [1.807, 2.05) is 0 Å². The third-order valence-corrected chi connectivity index (χ3v) is 5.47. The first kappa shape index (κ1) is 12.3. The number of nitrogens with one attached hydrogen (secondary N) is 1. The Hall–Kier alpha value is -0.170. The zero-order valence-electron chi connectivity index (χ0n) is 9.90. The summed E-state index contributed by atoms with van der Waals surface area (Å²) < 4.78 is 32.9. The van der Waals surface area contributed by atoms with Crippen LogP contribution in [0.25, 0.3) is 0 Å². The molecule has 5 nitrogen and oxygen atoms in total. The van der Waals surface area contributed by atoms with Crippen molar-refractivity contribution in [2.24, 2.45) is 5.41 Å². The Balaban J connectivity index is 2.01. The monoisotopic (exact) mass is 248 g/mol. The van der Waals surface area contributed by atoms with Gasteiger partial charge in [-0.15, -0.1) is 0 Å². The maximum atomic E-state index is 11.7. The highest BCUT2D eigenvalue weighted by Gasteiger charge is 2.48. The van der Waals surface area contributed by atoms with Crippen LogP contribution in [-0.2, 0) is 14.9 Å². The van der Waals surface area contributed by atoms with Gasteiger partial charge < -0.3 is 4.74 Å². The highest BCUT2D eigenvalue weighted by atomic mass is 32.2. The van der Waals surface area contributed by atoms with E-state index in [1.54, 1.807) is 14.1 Å². The summed E-state index contributed by atoms with van der Waals surface area (Å²) in [6.07, 6.45) is 4.03. The molecule has 0 amide bonds. The molecule has 94 valence electrons. The van der Waals surface area contributed by atoms with E-state index in [0.717, 1.165) is 38.9 Å². The van der Waals surface area contributed by atoms with E-state index < -0.39 is 10.2 Å². The van der Waals surface area contributed by atoms with Crippen molar-refractivity contribution in [2.45, 2.75) is 31.7 Å². The Labute approximate surface area is 97.3 Å². The predicted octanol–water partition coefficient (Wildman–Crippen LogP) is 0.342. The maximum Gasteiger partial charge on any atom is 0.279 e. The van der Waals surface area contributed by atoms with Gasteiger partial charge in [-0.3, -0.25) is 0 Å². The van der Waals surface area contributed by atoms with Crippen molar-refractivity contribution in [3.05, 3.63) is 0 Å². The molecule has 1 heterocycles. The van der Waals surface area contributed by atoms with Gasteiger partial charge in [0.15, 0.2) is 0 Å². The van der Waals surface area contributed by atoms with Gasteiger partial charge in [0.25, 0.3) is 10.2 Å². The molecule has 1 aliphatic carbocycles. The summed E-state index contributed by atoms with van der Waals surface area (Å²) in [7, 11) is -0.185. The second kappa shape index (κ2) is 4.25. The first-order valence-electron chi connectivity index (χ1n) is 5.74. The van der Waals surface area contributed by atoms with Crippen molar-refractivity contribution in [2.75, 3.05) is 27.3 Å². The predicted molar refractivity (Wildman–Crippen MR) is 61.3 cm³/mol. The lowest BCUT2D eigenvalue weighted by molar-refractivity contribution is -0.0486. The van der Waals surface area contributed by atoms with E-state index in [-0.39, 0.29) is 11.5 Å². The summed E-state index contributed by atoms with van der Waals surface area (Å²) in [5.74, 6) is 0. The smallest absolute Gasteiger partial charge is 0.279 e. The van der Waals surface area contributed by atoms with Crippen LogP contribution in [0.4, 0.5) is 0 Å². The SMILES string of the molecule is CN(C)S(=O)(=O)NC1CCC12CCOCC2. The van der Waals surface area contributed by atoms with Gasteiger partial charge in [-0.25, -0.2) is 0 Å². The van der Waals surface area contributed by atoms with Crippen LogP contribution >= 0.6 is 0 Å². The minimum absolute atomic E-state index is 0.101. The van der Waals surface area contributed by atoms with Crippen LogP contribution in [0.15, 0.2) is 0 Å². The third-order valence-electron chi connectivity index (χ3n) is 3.93. The summed E-state index contributed by atoms with van der Waals surface area (Å²) >= 11 is 0. The van der Waals surface area contributed by atoms with Crippen molar-refractivity contribution in [3.63, 3.8) is 0 Å². The van der Waals surface area contributed by atoms with Crippen LogP contribution in [0.5, 0.6) is 0 Å². The Bertz CT molecular complexity index is 347. The standard InChI is InChI=1S/C10H20N2O3S/c1-12(2)16(13,14)11-9-3-4-10(9)5-7-15-8-6-10/h9,11H,3-8H2,1-2H3. The Morgan fingerprint density at radius 3 is 2.31 bits per heavy atom. The molecule has 1 saturated carbocycles. The van der Waals surface area contributed by atoms with Crippen molar-refractivity contribution in [1.82, 2.24) is 9.03 Å². The van der Waals surface area contributed by atoms with E-state index >= 15 is 0 Å². The summed E-state index contributed by atoms with van der Waals surface area (Å²) in [6, 6.07) is 0.101. The molecule has 0 aromatic rings. The summed E-state index contributed by atoms with van der Waals surface area (Å²) in [6.45, 7) is 1.53. The fourth-order valence-corrected chi connectivity index (χ4v) is 3.48. The summed E-state index contributed by atoms with van der Waals surface area (Å²) in [4.78, 5) is 0. The minimum Gasteiger partial charge on any atom is -0.381 e. The molecule has 1 unspecified atom stereocenters. The lowest BCUT2D eigenvalue weighted by atomic mass is 9.60. The van der Waals surface area contributed by atoms with Gasteiger partial charge in [-0.1, -0.05) is 0 Å². The normalized spacial score (nSPS) is 29.3. The van der Waals surface area contributed by atoms with Crippen LogP contribution in [0, 0.1) is 5.41 Å². The maximum absolute atomic E-state index is 11.7. The summed E-state index contributed by atoms with van der Waals surface area (Å²) in [5, 5.41) is 0. The second-order valence-corrected chi connectivity index (χ2v) is 6.89. The molecule has 0 aromatic carbocycles. The number of ether oxygens (including phenoxy) is 1. The molecule has 2 rings (SSSR count). The quantitative estimate of drug-likeness (QED) is 0.783. The van der Waals surface area contributed by atoms with Crippen LogP contribution in [0.1, 0.15) is 25.7 Å². The molecule has 0 aromatic heterocycles. The van der Waals surface area contributed by atoms with Crippen LogP contribution in [-0.4, -0.2) is 46.1 Å². The van der Waals surface area contributed by atoms with Gasteiger partial charge in [0.2, 0.25) is 0 Å². The van der Waals surface area contributed by atoms with Crippen LogP contribution in [0.3, 0.4) is 0 Å². The first-order chi connectivity index (χ1) is 7.46. The van der Waals surface area contributed by atoms with Gasteiger partial charge in [-0.05, 0) is 31.1 Å². The highest BCUT2D eigenvalue weighted by molar-refractivity contribution is 7.87. The molecular weight excluding hydrogens is 228 g/mol. The number of rotatable bonds is 3. The zero-order valence-corrected chi connectivity index (χ0v) is 10.7. The topological polar surface area (TPSA) is 58.6 Å². The number of hydrogen-bond acceptors (Lipinski definition) is 3. The molecule has 1 saturated heterocycles. The fourth-order valence-electron chi connectivity index (χ4n) is 2.54. The molecule has 6 heteroatoms. The lowest BCUT2D eigenvalue weighted by Gasteiger charge is -2.51. The molecule has 0 radical (unpaired) electrons. The number of nitrogens with zero attached hydrogens (tertiary/aromatic N) is 1. The molecule has 1 N–H and O–H groups in total. The van der Waals surface area contributed by atoms with E-state index in [4.69, 9.17) is 4.74 Å². The Morgan fingerprint density at radius 1 is 1.25 bits per heavy atom. The molecule has 1 spiro atoms. The Morgan fingerprint density at radius 2 is 1.88 bits per heavy atom. The van der Waals surface area contributed by atoms with Gasteiger partial charge in [0.1, 0.15) is 0 Å². The fraction of sp³-hybridized carbons (Fsp3) is 1.00. The van der Waals surface area contributed by atoms with E-state index in [1.165, 1.54) is 4.31 Å². The molecule has 1 atom stereocenters.